The molecule has 0 aliphatic heterocycles. The second-order valence-corrected chi connectivity index (χ2v) is 9.66. The minimum atomic E-state index is 0.330. The van der Waals surface area contributed by atoms with E-state index in [2.05, 4.69) is 0 Å². The van der Waals surface area contributed by atoms with Gasteiger partial charge in [0.15, 0.2) is 24.1 Å². The first-order chi connectivity index (χ1) is 20.6. The van der Waals surface area contributed by atoms with E-state index < -0.39 is 0 Å². The molecular formula is C36H22O6. The van der Waals surface area contributed by atoms with E-state index in [1.54, 1.807) is 24.3 Å². The highest BCUT2D eigenvalue weighted by Gasteiger charge is 2.20. The zero-order valence-corrected chi connectivity index (χ0v) is 22.2. The van der Waals surface area contributed by atoms with E-state index in [0.717, 1.165) is 21.5 Å². The standard InChI is InChI=1S/C36H22O6/c37-19-23-9-13-29(27(17-23)21-39)33-15-11-25-5-1-3-7-31(25)35(33)41-42-36-32-8-4-2-6-26(32)12-16-34(36)30-14-10-24(20-38)18-28(30)22-40/h1-22H. The third kappa shape index (κ3) is 4.71. The van der Waals surface area contributed by atoms with E-state index in [4.69, 9.17) is 9.78 Å². The molecule has 6 nitrogen and oxygen atoms in total. The fourth-order valence-corrected chi connectivity index (χ4v) is 5.17. The van der Waals surface area contributed by atoms with E-state index in [0.29, 0.717) is 81.2 Å². The predicted octanol–water partition coefficient (Wildman–Crippen LogP) is 7.95. The average molecular weight is 551 g/mol. The Bertz CT molecular complexity index is 1880. The first-order valence-corrected chi connectivity index (χ1v) is 13.1. The summed E-state index contributed by atoms with van der Waals surface area (Å²) in [5.74, 6) is 0.752. The molecule has 0 radical (unpaired) electrons. The second-order valence-electron chi connectivity index (χ2n) is 9.66. The molecule has 0 heterocycles. The molecule has 6 aromatic rings. The highest BCUT2D eigenvalue weighted by atomic mass is 17.2. The Morgan fingerprint density at radius 2 is 0.810 bits per heavy atom. The normalized spacial score (nSPS) is 10.8. The maximum Gasteiger partial charge on any atom is 0.194 e. The third-order valence-electron chi connectivity index (χ3n) is 7.23. The first-order valence-electron chi connectivity index (χ1n) is 13.1. The van der Waals surface area contributed by atoms with Gasteiger partial charge in [-0.3, -0.25) is 29.0 Å². The van der Waals surface area contributed by atoms with Crippen LogP contribution in [0.2, 0.25) is 0 Å². The smallest absolute Gasteiger partial charge is 0.194 e. The zero-order chi connectivity index (χ0) is 29.1. The largest absolute Gasteiger partial charge is 0.298 e. The van der Waals surface area contributed by atoms with Gasteiger partial charge in [0, 0.05) is 44.2 Å². The SMILES string of the molecule is O=Cc1ccc(-c2ccc3ccccc3c2OOc2c(-c3ccc(C=O)cc3C=O)ccc3ccccc23)c(C=O)c1. The molecule has 0 fully saturated rings. The number of carbonyl (C=O) groups excluding carboxylic acids is 4. The van der Waals surface area contributed by atoms with Crippen LogP contribution < -0.4 is 9.78 Å². The van der Waals surface area contributed by atoms with Gasteiger partial charge in [0.2, 0.25) is 0 Å². The van der Waals surface area contributed by atoms with Crippen molar-refractivity contribution in [3.05, 3.63) is 131 Å². The summed E-state index contributed by atoms with van der Waals surface area (Å²) < 4.78 is 0. The van der Waals surface area contributed by atoms with Crippen molar-refractivity contribution in [2.24, 2.45) is 0 Å². The first kappa shape index (κ1) is 26.3. The Hall–Kier alpha value is -5.88. The molecule has 0 aliphatic carbocycles. The minimum Gasteiger partial charge on any atom is -0.298 e. The molecule has 6 aromatic carbocycles. The van der Waals surface area contributed by atoms with Crippen molar-refractivity contribution in [2.45, 2.75) is 0 Å². The molecule has 0 spiro atoms. The zero-order valence-electron chi connectivity index (χ0n) is 22.2. The second kappa shape index (κ2) is 11.3. The molecule has 0 aromatic heterocycles. The summed E-state index contributed by atoms with van der Waals surface area (Å²) >= 11 is 0. The quantitative estimate of drug-likeness (QED) is 0.103. The average Bonchev–Trinajstić information content (AvgIpc) is 3.06. The van der Waals surface area contributed by atoms with Crippen LogP contribution in [0.1, 0.15) is 41.4 Å². The van der Waals surface area contributed by atoms with Crippen molar-refractivity contribution in [3.8, 4) is 33.8 Å². The molecule has 0 atom stereocenters. The summed E-state index contributed by atoms with van der Waals surface area (Å²) in [4.78, 5) is 59.2. The summed E-state index contributed by atoms with van der Waals surface area (Å²) in [5, 5.41) is 3.28. The van der Waals surface area contributed by atoms with Gasteiger partial charge in [-0.2, -0.15) is 0 Å². The monoisotopic (exact) mass is 550 g/mol. The Morgan fingerprint density at radius 1 is 0.405 bits per heavy atom. The van der Waals surface area contributed by atoms with Gasteiger partial charge in [-0.1, -0.05) is 84.9 Å². The predicted molar refractivity (Wildman–Crippen MR) is 162 cm³/mol. The fraction of sp³-hybridized carbons (Fsp3) is 0. The molecule has 6 rings (SSSR count). The van der Waals surface area contributed by atoms with Crippen LogP contribution in [0.4, 0.5) is 0 Å². The highest BCUT2D eigenvalue weighted by molar-refractivity contribution is 6.01. The van der Waals surface area contributed by atoms with E-state index in [1.165, 1.54) is 12.1 Å². The molecular weight excluding hydrogens is 528 g/mol. The van der Waals surface area contributed by atoms with Crippen LogP contribution in [-0.4, -0.2) is 25.1 Å². The number of benzene rings is 6. The molecule has 0 N–H and O–H groups in total. The van der Waals surface area contributed by atoms with E-state index in [1.807, 2.05) is 72.8 Å². The van der Waals surface area contributed by atoms with Crippen LogP contribution in [0.3, 0.4) is 0 Å². The van der Waals surface area contributed by atoms with Gasteiger partial charge in [0.25, 0.3) is 0 Å². The van der Waals surface area contributed by atoms with Crippen LogP contribution in [0.15, 0.2) is 109 Å². The lowest BCUT2D eigenvalue weighted by atomic mass is 9.95. The maximum atomic E-state index is 12.0. The molecule has 0 bridgehead atoms. The van der Waals surface area contributed by atoms with Crippen molar-refractivity contribution in [1.29, 1.82) is 0 Å². The van der Waals surface area contributed by atoms with Gasteiger partial charge in [0.05, 0.1) is 0 Å². The highest BCUT2D eigenvalue weighted by Crippen LogP contribution is 2.42. The molecule has 6 heteroatoms. The fourth-order valence-electron chi connectivity index (χ4n) is 5.17. The van der Waals surface area contributed by atoms with Crippen molar-refractivity contribution in [2.75, 3.05) is 0 Å². The number of rotatable bonds is 9. The Kier molecular flexibility index (Phi) is 7.10. The van der Waals surface area contributed by atoms with E-state index in [9.17, 15) is 19.2 Å². The summed E-state index contributed by atoms with van der Waals surface area (Å²) in [6, 6.07) is 32.5. The van der Waals surface area contributed by atoms with Gasteiger partial charge in [-0.25, -0.2) is 0 Å². The number of hydrogen-bond acceptors (Lipinski definition) is 6. The van der Waals surface area contributed by atoms with E-state index >= 15 is 0 Å². The van der Waals surface area contributed by atoms with Crippen LogP contribution >= 0.6 is 0 Å². The van der Waals surface area contributed by atoms with Gasteiger partial charge >= 0.3 is 0 Å². The number of hydrogen-bond donors (Lipinski definition) is 0. The Morgan fingerprint density at radius 3 is 1.21 bits per heavy atom. The van der Waals surface area contributed by atoms with Crippen LogP contribution in [0.25, 0.3) is 43.8 Å². The molecule has 0 unspecified atom stereocenters. The maximum absolute atomic E-state index is 12.0. The summed E-state index contributed by atoms with van der Waals surface area (Å²) in [7, 11) is 0. The van der Waals surface area contributed by atoms with Crippen LogP contribution in [0.5, 0.6) is 11.5 Å². The van der Waals surface area contributed by atoms with Gasteiger partial charge in [0.1, 0.15) is 12.6 Å². The lowest BCUT2D eigenvalue weighted by Gasteiger charge is -2.18. The van der Waals surface area contributed by atoms with Gasteiger partial charge in [-0.15, -0.1) is 0 Å². The van der Waals surface area contributed by atoms with Crippen molar-refractivity contribution < 1.29 is 29.0 Å². The molecule has 42 heavy (non-hydrogen) atoms. The Labute approximate surface area is 240 Å². The van der Waals surface area contributed by atoms with Crippen molar-refractivity contribution >= 4 is 46.7 Å². The minimum absolute atomic E-state index is 0.330. The third-order valence-corrected chi connectivity index (χ3v) is 7.23. The van der Waals surface area contributed by atoms with Crippen molar-refractivity contribution in [1.82, 2.24) is 0 Å². The van der Waals surface area contributed by atoms with E-state index in [-0.39, 0.29) is 0 Å². The Balaban J connectivity index is 1.54. The molecule has 202 valence electrons. The molecule has 0 saturated carbocycles. The summed E-state index contributed by atoms with van der Waals surface area (Å²) in [5.41, 5.74) is 3.77. The molecule has 0 amide bonds. The lowest BCUT2D eigenvalue weighted by molar-refractivity contribution is -0.0957. The topological polar surface area (TPSA) is 86.7 Å². The summed E-state index contributed by atoms with van der Waals surface area (Å²) in [6.45, 7) is 0. The number of carbonyl (C=O) groups is 4. The number of fused-ring (bicyclic) bond motifs is 2. The lowest BCUT2D eigenvalue weighted by Crippen LogP contribution is -2.05. The van der Waals surface area contributed by atoms with Crippen LogP contribution in [0, 0.1) is 0 Å². The number of aldehydes is 4. The van der Waals surface area contributed by atoms with Crippen LogP contribution in [-0.2, 0) is 0 Å². The summed E-state index contributed by atoms with van der Waals surface area (Å²) in [6.07, 6.45) is 2.79. The van der Waals surface area contributed by atoms with Crippen molar-refractivity contribution in [3.63, 3.8) is 0 Å². The molecule has 0 saturated heterocycles. The van der Waals surface area contributed by atoms with Gasteiger partial charge < -0.3 is 0 Å². The molecule has 0 aliphatic rings. The van der Waals surface area contributed by atoms with Gasteiger partial charge in [-0.05, 0) is 46.2 Å².